The predicted octanol–water partition coefficient (Wildman–Crippen LogP) is 3.14. The number of aryl methyl sites for hydroxylation is 3. The van der Waals surface area contributed by atoms with E-state index in [0.29, 0.717) is 0 Å². The summed E-state index contributed by atoms with van der Waals surface area (Å²) < 4.78 is 0. The van der Waals surface area contributed by atoms with Gasteiger partial charge in [-0.05, 0) is 38.0 Å². The molecule has 2 rings (SSSR count). The van der Waals surface area contributed by atoms with Gasteiger partial charge in [0.1, 0.15) is 5.82 Å². The molecule has 0 saturated carbocycles. The Balaban J connectivity index is 2.31. The molecule has 0 aliphatic heterocycles. The zero-order valence-electron chi connectivity index (χ0n) is 12.6. The maximum atomic E-state index is 9.58. The van der Waals surface area contributed by atoms with Gasteiger partial charge in [-0.2, -0.15) is 0 Å². The minimum absolute atomic E-state index is 0.0204. The third-order valence-electron chi connectivity index (χ3n) is 3.48. The van der Waals surface area contributed by atoms with Crippen molar-refractivity contribution in [2.75, 3.05) is 11.9 Å². The fourth-order valence-corrected chi connectivity index (χ4v) is 2.51. The van der Waals surface area contributed by atoms with Crippen LogP contribution in [-0.2, 0) is 13.2 Å². The van der Waals surface area contributed by atoms with Crippen molar-refractivity contribution in [1.29, 1.82) is 0 Å². The molecule has 1 aromatic heterocycles. The Hall–Kier alpha value is -1.87. The molecule has 0 radical (unpaired) electrons. The molecule has 3 heteroatoms. The molecule has 0 aliphatic rings. The van der Waals surface area contributed by atoms with Gasteiger partial charge in [-0.25, -0.2) is 4.98 Å². The Labute approximate surface area is 120 Å². The summed E-state index contributed by atoms with van der Waals surface area (Å²) in [4.78, 5) is 6.69. The van der Waals surface area contributed by atoms with Crippen LogP contribution in [0.3, 0.4) is 0 Å². The molecular formula is C17H22N2O. The average molecular weight is 270 g/mol. The van der Waals surface area contributed by atoms with Gasteiger partial charge in [-0.15, -0.1) is 0 Å². The molecule has 1 heterocycles. The predicted molar refractivity (Wildman–Crippen MR) is 82.9 cm³/mol. The van der Waals surface area contributed by atoms with Crippen molar-refractivity contribution >= 4 is 5.82 Å². The second-order valence-corrected chi connectivity index (χ2v) is 5.39. The molecule has 0 bridgehead atoms. The van der Waals surface area contributed by atoms with Crippen LogP contribution in [0.15, 0.2) is 30.3 Å². The minimum atomic E-state index is 0.0204. The first-order valence-electron chi connectivity index (χ1n) is 6.86. The van der Waals surface area contributed by atoms with Crippen LogP contribution < -0.4 is 4.90 Å². The molecule has 2 aromatic rings. The maximum absolute atomic E-state index is 9.58. The molecule has 106 valence electrons. The van der Waals surface area contributed by atoms with Gasteiger partial charge in [0.05, 0.1) is 6.61 Å². The van der Waals surface area contributed by atoms with Crippen LogP contribution in [0.25, 0.3) is 0 Å². The van der Waals surface area contributed by atoms with Crippen LogP contribution in [-0.4, -0.2) is 17.1 Å². The van der Waals surface area contributed by atoms with E-state index in [1.165, 1.54) is 11.1 Å². The molecule has 3 nitrogen and oxygen atoms in total. The number of hydrogen-bond donors (Lipinski definition) is 1. The van der Waals surface area contributed by atoms with Crippen molar-refractivity contribution < 1.29 is 5.11 Å². The van der Waals surface area contributed by atoms with Gasteiger partial charge in [0.25, 0.3) is 0 Å². The van der Waals surface area contributed by atoms with Gasteiger partial charge in [0, 0.05) is 24.8 Å². The van der Waals surface area contributed by atoms with E-state index < -0.39 is 0 Å². The third kappa shape index (κ3) is 3.17. The third-order valence-corrected chi connectivity index (χ3v) is 3.48. The molecule has 1 aromatic carbocycles. The smallest absolute Gasteiger partial charge is 0.134 e. The van der Waals surface area contributed by atoms with Crippen LogP contribution in [0.5, 0.6) is 0 Å². The lowest BCUT2D eigenvalue weighted by Crippen LogP contribution is -2.20. The van der Waals surface area contributed by atoms with Crippen LogP contribution in [0.2, 0.25) is 0 Å². The highest BCUT2D eigenvalue weighted by molar-refractivity contribution is 5.51. The maximum Gasteiger partial charge on any atom is 0.134 e. The minimum Gasteiger partial charge on any atom is -0.392 e. The van der Waals surface area contributed by atoms with Gasteiger partial charge in [0.15, 0.2) is 0 Å². The van der Waals surface area contributed by atoms with E-state index >= 15 is 0 Å². The van der Waals surface area contributed by atoms with E-state index in [0.717, 1.165) is 29.2 Å². The van der Waals surface area contributed by atoms with Crippen molar-refractivity contribution in [2.24, 2.45) is 0 Å². The Bertz CT molecular complexity index is 608. The van der Waals surface area contributed by atoms with Crippen molar-refractivity contribution in [2.45, 2.75) is 33.9 Å². The molecular weight excluding hydrogens is 248 g/mol. The number of aliphatic hydroxyl groups excluding tert-OH is 1. The molecule has 0 spiro atoms. The van der Waals surface area contributed by atoms with E-state index in [9.17, 15) is 5.11 Å². The Morgan fingerprint density at radius 2 is 1.90 bits per heavy atom. The summed E-state index contributed by atoms with van der Waals surface area (Å²) in [5.74, 6) is 0.867. The highest BCUT2D eigenvalue weighted by atomic mass is 16.3. The average Bonchev–Trinajstić information content (AvgIpc) is 2.37. The fourth-order valence-electron chi connectivity index (χ4n) is 2.51. The van der Waals surface area contributed by atoms with Crippen molar-refractivity contribution in [3.8, 4) is 0 Å². The largest absolute Gasteiger partial charge is 0.392 e. The summed E-state index contributed by atoms with van der Waals surface area (Å²) in [5, 5.41) is 9.58. The monoisotopic (exact) mass is 270 g/mol. The molecule has 0 atom stereocenters. The molecule has 1 N–H and O–H groups in total. The number of pyridine rings is 1. The lowest BCUT2D eigenvalue weighted by atomic mass is 10.1. The zero-order valence-corrected chi connectivity index (χ0v) is 12.6. The first-order chi connectivity index (χ1) is 9.51. The molecule has 0 fully saturated rings. The first kappa shape index (κ1) is 14.5. The van der Waals surface area contributed by atoms with Crippen molar-refractivity contribution in [1.82, 2.24) is 4.98 Å². The van der Waals surface area contributed by atoms with Crippen LogP contribution in [0, 0.1) is 20.8 Å². The van der Waals surface area contributed by atoms with Gasteiger partial charge in [-0.1, -0.05) is 29.8 Å². The second-order valence-electron chi connectivity index (χ2n) is 5.39. The summed E-state index contributed by atoms with van der Waals surface area (Å²) in [5.41, 5.74) is 5.48. The highest BCUT2D eigenvalue weighted by Gasteiger charge is 2.12. The number of aliphatic hydroxyl groups is 1. The Morgan fingerprint density at radius 1 is 1.15 bits per heavy atom. The molecule has 0 unspecified atom stereocenters. The number of nitrogens with zero attached hydrogens (tertiary/aromatic N) is 2. The number of hydrogen-bond acceptors (Lipinski definition) is 3. The number of anilines is 1. The summed E-state index contributed by atoms with van der Waals surface area (Å²) in [6.07, 6.45) is 0. The summed E-state index contributed by atoms with van der Waals surface area (Å²) >= 11 is 0. The summed E-state index contributed by atoms with van der Waals surface area (Å²) in [6, 6.07) is 10.5. The van der Waals surface area contributed by atoms with E-state index in [-0.39, 0.29) is 6.61 Å². The molecule has 0 amide bonds. The van der Waals surface area contributed by atoms with Gasteiger partial charge in [0.2, 0.25) is 0 Å². The normalized spacial score (nSPS) is 10.7. The van der Waals surface area contributed by atoms with E-state index in [1.807, 2.05) is 27.0 Å². The SMILES string of the molecule is Cc1cccc(CN(C)c2nc(C)cc(C)c2CO)c1. The lowest BCUT2D eigenvalue weighted by Gasteiger charge is -2.22. The standard InChI is InChI=1S/C17H22N2O/c1-12-6-5-7-15(8-12)10-19(4)17-16(11-20)13(2)9-14(3)18-17/h5-9,20H,10-11H2,1-4H3. The lowest BCUT2D eigenvalue weighted by molar-refractivity contribution is 0.281. The molecule has 0 saturated heterocycles. The number of rotatable bonds is 4. The number of benzene rings is 1. The van der Waals surface area contributed by atoms with Crippen molar-refractivity contribution in [3.63, 3.8) is 0 Å². The topological polar surface area (TPSA) is 36.4 Å². The van der Waals surface area contributed by atoms with E-state index in [2.05, 4.69) is 41.1 Å². The number of aromatic nitrogens is 1. The summed E-state index contributed by atoms with van der Waals surface area (Å²) in [7, 11) is 2.02. The quantitative estimate of drug-likeness (QED) is 0.927. The Kier molecular flexibility index (Phi) is 4.40. The Morgan fingerprint density at radius 3 is 2.55 bits per heavy atom. The second kappa shape index (κ2) is 6.06. The van der Waals surface area contributed by atoms with Gasteiger partial charge in [-0.3, -0.25) is 0 Å². The van der Waals surface area contributed by atoms with Gasteiger partial charge >= 0.3 is 0 Å². The molecule has 20 heavy (non-hydrogen) atoms. The van der Waals surface area contributed by atoms with Gasteiger partial charge < -0.3 is 10.0 Å². The molecule has 0 aliphatic carbocycles. The van der Waals surface area contributed by atoms with Crippen LogP contribution in [0.1, 0.15) is 27.9 Å². The fraction of sp³-hybridized carbons (Fsp3) is 0.353. The highest BCUT2D eigenvalue weighted by Crippen LogP contribution is 2.23. The first-order valence-corrected chi connectivity index (χ1v) is 6.86. The van der Waals surface area contributed by atoms with Crippen LogP contribution in [0.4, 0.5) is 5.82 Å². The van der Waals surface area contributed by atoms with E-state index in [1.54, 1.807) is 0 Å². The van der Waals surface area contributed by atoms with E-state index in [4.69, 9.17) is 0 Å². The zero-order chi connectivity index (χ0) is 14.7. The summed E-state index contributed by atoms with van der Waals surface area (Å²) in [6.45, 7) is 6.90. The van der Waals surface area contributed by atoms with Crippen molar-refractivity contribution in [3.05, 3.63) is 58.3 Å². The van der Waals surface area contributed by atoms with Crippen LogP contribution >= 0.6 is 0 Å².